The molecule has 116 valence electrons. The summed E-state index contributed by atoms with van der Waals surface area (Å²) in [5.74, 6) is -0.884. The largest absolute Gasteiger partial charge is 0.465 e. The summed E-state index contributed by atoms with van der Waals surface area (Å²) >= 11 is 1.16. The molecule has 1 aromatic heterocycles. The van der Waals surface area contributed by atoms with Crippen LogP contribution in [0.1, 0.15) is 37.7 Å². The van der Waals surface area contributed by atoms with Crippen LogP contribution in [-0.4, -0.2) is 35.9 Å². The van der Waals surface area contributed by atoms with E-state index in [2.05, 4.69) is 15.6 Å². The van der Waals surface area contributed by atoms with E-state index in [9.17, 15) is 14.4 Å². The Bertz CT molecular complexity index is 513. The summed E-state index contributed by atoms with van der Waals surface area (Å²) in [6.45, 7) is 5.62. The zero-order valence-electron chi connectivity index (χ0n) is 12.3. The summed E-state index contributed by atoms with van der Waals surface area (Å²) in [4.78, 5) is 38.4. The van der Waals surface area contributed by atoms with E-state index in [4.69, 9.17) is 4.74 Å². The summed E-state index contributed by atoms with van der Waals surface area (Å²) < 4.78 is 4.69. The minimum absolute atomic E-state index is 0.141. The predicted octanol–water partition coefficient (Wildman–Crippen LogP) is 1.42. The normalized spacial score (nSPS) is 10.3. The molecule has 1 aromatic rings. The smallest absolute Gasteiger partial charge is 0.325 e. The van der Waals surface area contributed by atoms with Crippen LogP contribution in [0.25, 0.3) is 0 Å². The van der Waals surface area contributed by atoms with Crippen molar-refractivity contribution in [1.82, 2.24) is 10.3 Å². The van der Waals surface area contributed by atoms with Gasteiger partial charge in [-0.05, 0) is 12.8 Å². The van der Waals surface area contributed by atoms with Gasteiger partial charge in [-0.2, -0.15) is 0 Å². The highest BCUT2D eigenvalue weighted by Crippen LogP contribution is 2.16. The number of carbonyl (C=O) groups excluding carboxylic acids is 3. The number of amides is 2. The fourth-order valence-electron chi connectivity index (χ4n) is 1.43. The molecule has 8 heteroatoms. The van der Waals surface area contributed by atoms with Crippen molar-refractivity contribution in [2.75, 3.05) is 18.5 Å². The molecule has 0 aliphatic rings. The topological polar surface area (TPSA) is 97.4 Å². The van der Waals surface area contributed by atoms with Gasteiger partial charge >= 0.3 is 5.97 Å². The molecular formula is C13H19N3O4S. The molecular weight excluding hydrogens is 294 g/mol. The second kappa shape index (κ2) is 8.35. The number of nitrogens with one attached hydrogen (secondary N) is 2. The molecule has 21 heavy (non-hydrogen) atoms. The van der Waals surface area contributed by atoms with Gasteiger partial charge in [0.15, 0.2) is 5.13 Å². The van der Waals surface area contributed by atoms with Gasteiger partial charge in [0.2, 0.25) is 5.91 Å². The summed E-state index contributed by atoms with van der Waals surface area (Å²) in [5, 5.41) is 6.91. The van der Waals surface area contributed by atoms with E-state index in [1.165, 1.54) is 5.38 Å². The lowest BCUT2D eigenvalue weighted by Crippen LogP contribution is -2.30. The molecule has 2 N–H and O–H groups in total. The van der Waals surface area contributed by atoms with Crippen molar-refractivity contribution in [3.05, 3.63) is 11.1 Å². The van der Waals surface area contributed by atoms with Crippen molar-refractivity contribution in [1.29, 1.82) is 0 Å². The molecule has 2 amide bonds. The molecule has 0 atom stereocenters. The monoisotopic (exact) mass is 313 g/mol. The van der Waals surface area contributed by atoms with Crippen molar-refractivity contribution < 1.29 is 19.1 Å². The van der Waals surface area contributed by atoms with E-state index in [1.54, 1.807) is 6.92 Å². The van der Waals surface area contributed by atoms with Gasteiger partial charge < -0.3 is 15.4 Å². The fourth-order valence-corrected chi connectivity index (χ4v) is 2.14. The second-order valence-corrected chi connectivity index (χ2v) is 5.53. The van der Waals surface area contributed by atoms with E-state index in [0.717, 1.165) is 11.3 Å². The molecule has 0 fully saturated rings. The number of rotatable bonds is 7. The van der Waals surface area contributed by atoms with E-state index in [1.807, 2.05) is 13.8 Å². The highest BCUT2D eigenvalue weighted by atomic mass is 32.1. The zero-order valence-corrected chi connectivity index (χ0v) is 13.1. The maximum atomic E-state index is 11.7. The van der Waals surface area contributed by atoms with Crippen LogP contribution >= 0.6 is 11.3 Å². The molecule has 7 nitrogen and oxygen atoms in total. The number of hydrogen-bond acceptors (Lipinski definition) is 6. The number of nitrogens with zero attached hydrogens (tertiary/aromatic N) is 1. The second-order valence-electron chi connectivity index (χ2n) is 4.67. The molecule has 0 saturated carbocycles. The first kappa shape index (κ1) is 17.1. The predicted molar refractivity (Wildman–Crippen MR) is 79.2 cm³/mol. The number of hydrogen-bond donors (Lipinski definition) is 2. The van der Waals surface area contributed by atoms with E-state index in [-0.39, 0.29) is 30.7 Å². The first-order chi connectivity index (χ1) is 9.92. The maximum absolute atomic E-state index is 11.7. The van der Waals surface area contributed by atoms with Gasteiger partial charge in [0.25, 0.3) is 5.91 Å². The van der Waals surface area contributed by atoms with Crippen LogP contribution in [-0.2, 0) is 14.3 Å². The van der Waals surface area contributed by atoms with Crippen LogP contribution in [0.5, 0.6) is 0 Å². The Morgan fingerprint density at radius 1 is 1.38 bits per heavy atom. The highest BCUT2D eigenvalue weighted by molar-refractivity contribution is 7.14. The molecule has 0 aromatic carbocycles. The lowest BCUT2D eigenvalue weighted by atomic mass is 10.1. The lowest BCUT2D eigenvalue weighted by molar-refractivity contribution is -0.141. The zero-order chi connectivity index (χ0) is 15.8. The van der Waals surface area contributed by atoms with Crippen molar-refractivity contribution in [3.63, 3.8) is 0 Å². The molecule has 0 aliphatic carbocycles. The Kier molecular flexibility index (Phi) is 6.80. The van der Waals surface area contributed by atoms with Gasteiger partial charge in [-0.1, -0.05) is 13.8 Å². The molecule has 0 aliphatic heterocycles. The standard InChI is InChI=1S/C13H19N3O4S/c1-4-20-11(18)6-14-12(19)9-7-21-13(15-9)16-10(17)5-8(2)3/h7-8H,4-6H2,1-3H3,(H,14,19)(H,15,16,17). The van der Waals surface area contributed by atoms with Gasteiger partial charge in [0.1, 0.15) is 12.2 Å². The number of esters is 1. The van der Waals surface area contributed by atoms with Crippen LogP contribution < -0.4 is 10.6 Å². The molecule has 0 radical (unpaired) electrons. The minimum Gasteiger partial charge on any atom is -0.465 e. The third-order valence-electron chi connectivity index (χ3n) is 2.28. The van der Waals surface area contributed by atoms with E-state index >= 15 is 0 Å². The van der Waals surface area contributed by atoms with Crippen LogP contribution in [0.2, 0.25) is 0 Å². The number of anilines is 1. The van der Waals surface area contributed by atoms with Crippen molar-refractivity contribution in [2.24, 2.45) is 5.92 Å². The molecule has 1 rings (SSSR count). The van der Waals surface area contributed by atoms with Crippen LogP contribution in [0.3, 0.4) is 0 Å². The van der Waals surface area contributed by atoms with E-state index in [0.29, 0.717) is 11.6 Å². The summed E-state index contributed by atoms with van der Waals surface area (Å²) in [5.41, 5.74) is 0.157. The minimum atomic E-state index is -0.508. The Morgan fingerprint density at radius 2 is 2.10 bits per heavy atom. The lowest BCUT2D eigenvalue weighted by Gasteiger charge is -2.04. The number of carbonyl (C=O) groups is 3. The van der Waals surface area contributed by atoms with Gasteiger partial charge in [-0.15, -0.1) is 11.3 Å². The van der Waals surface area contributed by atoms with Crippen molar-refractivity contribution >= 4 is 34.3 Å². The maximum Gasteiger partial charge on any atom is 0.325 e. The number of ether oxygens (including phenoxy) is 1. The SMILES string of the molecule is CCOC(=O)CNC(=O)c1csc(NC(=O)CC(C)C)n1. The fraction of sp³-hybridized carbons (Fsp3) is 0.538. The Hall–Kier alpha value is -1.96. The molecule has 1 heterocycles. The Balaban J connectivity index is 2.48. The molecule has 0 bridgehead atoms. The number of thiazole rings is 1. The van der Waals surface area contributed by atoms with Gasteiger partial charge in [0.05, 0.1) is 6.61 Å². The Morgan fingerprint density at radius 3 is 2.71 bits per heavy atom. The summed E-state index contributed by atoms with van der Waals surface area (Å²) in [6.07, 6.45) is 0.393. The van der Waals surface area contributed by atoms with Gasteiger partial charge in [-0.3, -0.25) is 14.4 Å². The van der Waals surface area contributed by atoms with Gasteiger partial charge in [0, 0.05) is 11.8 Å². The average molecular weight is 313 g/mol. The third kappa shape index (κ3) is 6.35. The summed E-state index contributed by atoms with van der Waals surface area (Å²) in [7, 11) is 0. The molecule has 0 saturated heterocycles. The highest BCUT2D eigenvalue weighted by Gasteiger charge is 2.14. The third-order valence-corrected chi connectivity index (χ3v) is 3.03. The van der Waals surface area contributed by atoms with Crippen LogP contribution in [0.15, 0.2) is 5.38 Å². The van der Waals surface area contributed by atoms with Crippen molar-refractivity contribution in [2.45, 2.75) is 27.2 Å². The average Bonchev–Trinajstić information content (AvgIpc) is 2.83. The quantitative estimate of drug-likeness (QED) is 0.742. The van der Waals surface area contributed by atoms with Crippen LogP contribution in [0.4, 0.5) is 5.13 Å². The first-order valence-corrected chi connectivity index (χ1v) is 7.49. The summed E-state index contributed by atoms with van der Waals surface area (Å²) in [6, 6.07) is 0. The molecule has 0 spiro atoms. The number of aromatic nitrogens is 1. The van der Waals surface area contributed by atoms with Crippen molar-refractivity contribution in [3.8, 4) is 0 Å². The molecule has 0 unspecified atom stereocenters. The van der Waals surface area contributed by atoms with Gasteiger partial charge in [-0.25, -0.2) is 4.98 Å². The van der Waals surface area contributed by atoms with E-state index < -0.39 is 11.9 Å². The van der Waals surface area contributed by atoms with Crippen LogP contribution in [0, 0.1) is 5.92 Å². The Labute approximate surface area is 127 Å². The first-order valence-electron chi connectivity index (χ1n) is 6.61.